The molecule has 0 amide bonds. The van der Waals surface area contributed by atoms with Crippen LogP contribution in [0.25, 0.3) is 0 Å². The topological polar surface area (TPSA) is 39.2 Å². The minimum Gasteiger partial charge on any atom is -0.466 e. The third-order valence-corrected chi connectivity index (χ3v) is 2.53. The molecule has 0 aliphatic heterocycles. The molecule has 4 heteroatoms. The van der Waals surface area contributed by atoms with E-state index in [-0.39, 0.29) is 5.97 Å². The lowest BCUT2D eigenvalue weighted by atomic mass is 10.1. The average molecular weight is 258 g/mol. The Morgan fingerprint density at radius 2 is 2.29 bits per heavy atom. The maximum Gasteiger partial charge on any atom is 0.310 e. The van der Waals surface area contributed by atoms with Crippen molar-refractivity contribution in [2.75, 3.05) is 6.61 Å². The molecule has 14 heavy (non-hydrogen) atoms. The van der Waals surface area contributed by atoms with Gasteiger partial charge in [-0.3, -0.25) is 9.78 Å². The second-order valence-corrected chi connectivity index (χ2v) is 3.75. The first-order valence-corrected chi connectivity index (χ1v) is 5.19. The van der Waals surface area contributed by atoms with Crippen molar-refractivity contribution in [1.82, 2.24) is 4.98 Å². The molecule has 1 aromatic rings. The smallest absolute Gasteiger partial charge is 0.310 e. The Labute approximate surface area is 91.6 Å². The molecular formula is C10H12BrNO2. The first-order chi connectivity index (χ1) is 6.65. The molecule has 1 heterocycles. The first-order valence-electron chi connectivity index (χ1n) is 4.39. The number of carbonyl (C=O) groups is 1. The van der Waals surface area contributed by atoms with Gasteiger partial charge in [-0.25, -0.2) is 0 Å². The lowest BCUT2D eigenvalue weighted by Crippen LogP contribution is -2.09. The summed E-state index contributed by atoms with van der Waals surface area (Å²) in [6.45, 7) is 4.14. The highest BCUT2D eigenvalue weighted by Gasteiger charge is 2.09. The van der Waals surface area contributed by atoms with Crippen molar-refractivity contribution in [3.8, 4) is 0 Å². The first kappa shape index (κ1) is 11.2. The van der Waals surface area contributed by atoms with E-state index in [0.717, 1.165) is 15.6 Å². The van der Waals surface area contributed by atoms with Crippen molar-refractivity contribution in [3.05, 3.63) is 28.0 Å². The Bertz CT molecular complexity index is 319. The number of nitrogens with zero attached hydrogens (tertiary/aromatic N) is 1. The fourth-order valence-electron chi connectivity index (χ4n) is 1.14. The number of ether oxygens (including phenoxy) is 1. The summed E-state index contributed by atoms with van der Waals surface area (Å²) >= 11 is 3.36. The van der Waals surface area contributed by atoms with Crippen LogP contribution in [0, 0.1) is 6.92 Å². The van der Waals surface area contributed by atoms with E-state index in [1.165, 1.54) is 0 Å². The van der Waals surface area contributed by atoms with Crippen LogP contribution >= 0.6 is 15.9 Å². The highest BCUT2D eigenvalue weighted by atomic mass is 79.9. The molecule has 0 fully saturated rings. The number of esters is 1. The number of hydrogen-bond donors (Lipinski definition) is 0. The summed E-state index contributed by atoms with van der Waals surface area (Å²) in [4.78, 5) is 15.3. The van der Waals surface area contributed by atoms with Gasteiger partial charge in [0.1, 0.15) is 0 Å². The summed E-state index contributed by atoms with van der Waals surface area (Å²) < 4.78 is 5.73. The van der Waals surface area contributed by atoms with Gasteiger partial charge >= 0.3 is 5.97 Å². The highest BCUT2D eigenvalue weighted by Crippen LogP contribution is 2.19. The summed E-state index contributed by atoms with van der Waals surface area (Å²) in [5.41, 5.74) is 1.94. The van der Waals surface area contributed by atoms with Gasteiger partial charge in [0.05, 0.1) is 13.0 Å². The summed E-state index contributed by atoms with van der Waals surface area (Å²) in [5, 5.41) is 0. The molecule has 0 N–H and O–H groups in total. The van der Waals surface area contributed by atoms with E-state index in [1.807, 2.05) is 6.92 Å². The minimum atomic E-state index is -0.206. The summed E-state index contributed by atoms with van der Waals surface area (Å²) in [5.74, 6) is -0.206. The van der Waals surface area contributed by atoms with Crippen LogP contribution in [0.3, 0.4) is 0 Å². The third kappa shape index (κ3) is 2.80. The molecule has 3 nitrogen and oxygen atoms in total. The highest BCUT2D eigenvalue weighted by molar-refractivity contribution is 9.10. The monoisotopic (exact) mass is 257 g/mol. The second kappa shape index (κ2) is 5.10. The molecule has 0 saturated carbocycles. The van der Waals surface area contributed by atoms with Gasteiger partial charge in [0.15, 0.2) is 0 Å². The lowest BCUT2D eigenvalue weighted by molar-refractivity contribution is -0.142. The Balaban J connectivity index is 2.80. The van der Waals surface area contributed by atoms with E-state index < -0.39 is 0 Å². The van der Waals surface area contributed by atoms with Gasteiger partial charge in [-0.15, -0.1) is 0 Å². The predicted octanol–water partition coefficient (Wildman–Crippen LogP) is 2.26. The Morgan fingerprint density at radius 1 is 1.57 bits per heavy atom. The Kier molecular flexibility index (Phi) is 4.07. The molecule has 0 saturated heterocycles. The minimum absolute atomic E-state index is 0.206. The maximum absolute atomic E-state index is 11.3. The van der Waals surface area contributed by atoms with Gasteiger partial charge in [0, 0.05) is 16.9 Å². The van der Waals surface area contributed by atoms with Crippen LogP contribution in [0.15, 0.2) is 16.9 Å². The molecule has 0 aromatic carbocycles. The predicted molar refractivity (Wildman–Crippen MR) is 57.0 cm³/mol. The molecule has 0 unspecified atom stereocenters. The van der Waals surface area contributed by atoms with E-state index in [1.54, 1.807) is 19.3 Å². The van der Waals surface area contributed by atoms with E-state index in [0.29, 0.717) is 13.0 Å². The van der Waals surface area contributed by atoms with Crippen LogP contribution in [-0.2, 0) is 16.0 Å². The largest absolute Gasteiger partial charge is 0.466 e. The maximum atomic E-state index is 11.3. The van der Waals surface area contributed by atoms with Gasteiger partial charge < -0.3 is 4.74 Å². The lowest BCUT2D eigenvalue weighted by Gasteiger charge is -2.06. The quantitative estimate of drug-likeness (QED) is 0.780. The number of aryl methyl sites for hydroxylation is 1. The Hall–Kier alpha value is -0.900. The van der Waals surface area contributed by atoms with Crippen molar-refractivity contribution in [1.29, 1.82) is 0 Å². The van der Waals surface area contributed by atoms with Crippen molar-refractivity contribution >= 4 is 21.9 Å². The third-order valence-electron chi connectivity index (χ3n) is 1.85. The zero-order valence-electron chi connectivity index (χ0n) is 8.21. The fraction of sp³-hybridized carbons (Fsp3) is 0.400. The average Bonchev–Trinajstić information content (AvgIpc) is 2.12. The number of hydrogen-bond acceptors (Lipinski definition) is 3. The van der Waals surface area contributed by atoms with E-state index in [4.69, 9.17) is 4.74 Å². The molecule has 0 atom stereocenters. The van der Waals surface area contributed by atoms with Crippen molar-refractivity contribution in [2.45, 2.75) is 20.3 Å². The molecule has 1 rings (SSSR count). The Morgan fingerprint density at radius 3 is 2.86 bits per heavy atom. The number of pyridine rings is 1. The second-order valence-electron chi connectivity index (χ2n) is 2.90. The SMILES string of the molecule is CCOC(=O)Cc1c(C)cncc1Br. The van der Waals surface area contributed by atoms with E-state index in [2.05, 4.69) is 20.9 Å². The number of halogens is 1. The van der Waals surface area contributed by atoms with E-state index >= 15 is 0 Å². The summed E-state index contributed by atoms with van der Waals surface area (Å²) in [7, 11) is 0. The molecule has 0 bridgehead atoms. The van der Waals surface area contributed by atoms with Gasteiger partial charge in [0.2, 0.25) is 0 Å². The van der Waals surface area contributed by atoms with Crippen molar-refractivity contribution in [2.24, 2.45) is 0 Å². The fourth-order valence-corrected chi connectivity index (χ4v) is 1.71. The van der Waals surface area contributed by atoms with Gasteiger partial charge in [0.25, 0.3) is 0 Å². The van der Waals surface area contributed by atoms with Crippen LogP contribution < -0.4 is 0 Å². The summed E-state index contributed by atoms with van der Waals surface area (Å²) in [6, 6.07) is 0. The zero-order chi connectivity index (χ0) is 10.6. The molecule has 0 radical (unpaired) electrons. The number of carbonyl (C=O) groups excluding carboxylic acids is 1. The van der Waals surface area contributed by atoms with Gasteiger partial charge in [-0.05, 0) is 40.9 Å². The molecule has 0 aliphatic rings. The number of rotatable bonds is 3. The molecule has 0 spiro atoms. The van der Waals surface area contributed by atoms with Crippen LogP contribution in [0.4, 0.5) is 0 Å². The molecule has 0 aliphatic carbocycles. The van der Waals surface area contributed by atoms with Gasteiger partial charge in [-0.2, -0.15) is 0 Å². The molecule has 1 aromatic heterocycles. The molecule has 76 valence electrons. The van der Waals surface area contributed by atoms with Crippen LogP contribution in [0.1, 0.15) is 18.1 Å². The zero-order valence-corrected chi connectivity index (χ0v) is 9.80. The van der Waals surface area contributed by atoms with Gasteiger partial charge in [-0.1, -0.05) is 0 Å². The van der Waals surface area contributed by atoms with Crippen molar-refractivity contribution in [3.63, 3.8) is 0 Å². The normalized spacial score (nSPS) is 9.93. The standard InChI is InChI=1S/C10H12BrNO2/c1-3-14-10(13)4-8-7(2)5-12-6-9(8)11/h5-6H,3-4H2,1-2H3. The van der Waals surface area contributed by atoms with Crippen LogP contribution in [0.2, 0.25) is 0 Å². The van der Waals surface area contributed by atoms with Crippen molar-refractivity contribution < 1.29 is 9.53 Å². The van der Waals surface area contributed by atoms with E-state index in [9.17, 15) is 4.79 Å². The van der Waals surface area contributed by atoms with Crippen LogP contribution in [0.5, 0.6) is 0 Å². The molecular weight excluding hydrogens is 246 g/mol. The van der Waals surface area contributed by atoms with Crippen LogP contribution in [-0.4, -0.2) is 17.6 Å². The summed E-state index contributed by atoms with van der Waals surface area (Å²) in [6.07, 6.45) is 3.71. The number of aromatic nitrogens is 1.